The summed E-state index contributed by atoms with van der Waals surface area (Å²) in [6.07, 6.45) is 1.80. The number of aromatic nitrogens is 5. The maximum atomic E-state index is 15.7. The molecular formula is C22H15F6N5O2. The number of alkyl halides is 2. The maximum absolute atomic E-state index is 15.7. The SMILES string of the molecule is OC(Cn1cnnn1)(c1ccc(F)cc1F)C(F)(F)c1ccc(OCc2cccc(F)c2F)cn1. The minimum absolute atomic E-state index is 0.0646. The molecule has 0 aliphatic heterocycles. The predicted octanol–water partition coefficient (Wildman–Crippen LogP) is 3.88. The van der Waals surface area contributed by atoms with Gasteiger partial charge in [-0.15, -0.1) is 5.10 Å². The fourth-order valence-electron chi connectivity index (χ4n) is 3.35. The van der Waals surface area contributed by atoms with E-state index in [9.17, 15) is 22.7 Å². The fraction of sp³-hybridized carbons (Fsp3) is 0.182. The number of rotatable bonds is 8. The molecule has 0 aliphatic carbocycles. The lowest BCUT2D eigenvalue weighted by Gasteiger charge is -2.35. The molecule has 182 valence electrons. The van der Waals surface area contributed by atoms with E-state index in [0.717, 1.165) is 41.5 Å². The van der Waals surface area contributed by atoms with E-state index in [2.05, 4.69) is 20.5 Å². The summed E-state index contributed by atoms with van der Waals surface area (Å²) in [5.74, 6) is -8.95. The van der Waals surface area contributed by atoms with Gasteiger partial charge >= 0.3 is 5.92 Å². The first-order valence-electron chi connectivity index (χ1n) is 9.90. The molecule has 2 aromatic heterocycles. The maximum Gasteiger partial charge on any atom is 0.323 e. The molecule has 0 bridgehead atoms. The number of tetrazole rings is 1. The minimum Gasteiger partial charge on any atom is -0.487 e. The van der Waals surface area contributed by atoms with E-state index in [4.69, 9.17) is 4.74 Å². The van der Waals surface area contributed by atoms with Crippen molar-refractivity contribution in [2.24, 2.45) is 0 Å². The highest BCUT2D eigenvalue weighted by molar-refractivity contribution is 5.32. The Kier molecular flexibility index (Phi) is 6.43. The van der Waals surface area contributed by atoms with Gasteiger partial charge in [-0.25, -0.2) is 22.2 Å². The van der Waals surface area contributed by atoms with Gasteiger partial charge in [0.15, 0.2) is 17.2 Å². The van der Waals surface area contributed by atoms with Crippen LogP contribution in [0.5, 0.6) is 5.75 Å². The minimum atomic E-state index is -4.25. The molecule has 2 aromatic carbocycles. The van der Waals surface area contributed by atoms with Crippen LogP contribution < -0.4 is 4.74 Å². The number of nitrogens with zero attached hydrogens (tertiary/aromatic N) is 5. The number of ether oxygens (including phenoxy) is 1. The van der Waals surface area contributed by atoms with Gasteiger partial charge in [0.1, 0.15) is 36.0 Å². The van der Waals surface area contributed by atoms with Crippen LogP contribution in [0.25, 0.3) is 0 Å². The van der Waals surface area contributed by atoms with E-state index in [1.807, 2.05) is 0 Å². The Morgan fingerprint density at radius 1 is 0.971 bits per heavy atom. The van der Waals surface area contributed by atoms with Crippen LogP contribution in [0.1, 0.15) is 16.8 Å². The van der Waals surface area contributed by atoms with Crippen molar-refractivity contribution >= 4 is 0 Å². The zero-order chi connectivity index (χ0) is 25.2. The Bertz CT molecular complexity index is 1320. The first kappa shape index (κ1) is 24.1. The van der Waals surface area contributed by atoms with Gasteiger partial charge in [-0.2, -0.15) is 8.78 Å². The molecule has 7 nitrogen and oxygen atoms in total. The monoisotopic (exact) mass is 495 g/mol. The topological polar surface area (TPSA) is 86.0 Å². The summed E-state index contributed by atoms with van der Waals surface area (Å²) in [7, 11) is 0. The van der Waals surface area contributed by atoms with Crippen LogP contribution >= 0.6 is 0 Å². The number of benzene rings is 2. The molecule has 4 aromatic rings. The van der Waals surface area contributed by atoms with Crippen molar-refractivity contribution in [3.05, 3.63) is 101 Å². The number of pyridine rings is 1. The Hall–Kier alpha value is -4.00. The lowest BCUT2D eigenvalue weighted by atomic mass is 9.84. The van der Waals surface area contributed by atoms with Gasteiger partial charge in [-0.3, -0.25) is 4.98 Å². The molecule has 2 heterocycles. The van der Waals surface area contributed by atoms with Crippen LogP contribution in [0.4, 0.5) is 26.3 Å². The lowest BCUT2D eigenvalue weighted by molar-refractivity contribution is -0.207. The van der Waals surface area contributed by atoms with Crippen LogP contribution in [-0.4, -0.2) is 30.3 Å². The fourth-order valence-corrected chi connectivity index (χ4v) is 3.35. The second-order valence-corrected chi connectivity index (χ2v) is 7.45. The van der Waals surface area contributed by atoms with Crippen LogP contribution in [0, 0.1) is 23.3 Å². The van der Waals surface area contributed by atoms with Gasteiger partial charge in [0.2, 0.25) is 0 Å². The standard InChI is InChI=1S/C22H15F6N5O2/c23-14-4-6-16(18(25)8-14)21(34,11-33-12-30-31-32-33)22(27,28)19-7-5-15(9-29-19)35-10-13-2-1-3-17(24)20(13)26/h1-9,12,34H,10-11H2. The Morgan fingerprint density at radius 2 is 1.77 bits per heavy atom. The number of hydrogen-bond donors (Lipinski definition) is 1. The van der Waals surface area contributed by atoms with Crippen LogP contribution in [0.2, 0.25) is 0 Å². The lowest BCUT2D eigenvalue weighted by Crippen LogP contribution is -2.48. The molecule has 1 unspecified atom stereocenters. The van der Waals surface area contributed by atoms with Crippen LogP contribution in [0.15, 0.2) is 61.1 Å². The van der Waals surface area contributed by atoms with Gasteiger partial charge in [0, 0.05) is 17.2 Å². The third-order valence-electron chi connectivity index (χ3n) is 5.16. The molecule has 0 saturated heterocycles. The summed E-state index contributed by atoms with van der Waals surface area (Å²) < 4.78 is 92.3. The molecule has 0 fully saturated rings. The van der Waals surface area contributed by atoms with E-state index in [-0.39, 0.29) is 11.3 Å². The summed E-state index contributed by atoms with van der Waals surface area (Å²) in [5.41, 5.74) is -5.30. The third kappa shape index (κ3) is 4.67. The molecule has 1 N–H and O–H groups in total. The summed E-state index contributed by atoms with van der Waals surface area (Å²) in [6.45, 7) is -1.42. The van der Waals surface area contributed by atoms with E-state index >= 15 is 8.78 Å². The Balaban J connectivity index is 1.64. The van der Waals surface area contributed by atoms with E-state index in [0.29, 0.717) is 12.1 Å². The Labute approximate surface area is 193 Å². The first-order chi connectivity index (χ1) is 16.6. The largest absolute Gasteiger partial charge is 0.487 e. The molecular weight excluding hydrogens is 480 g/mol. The van der Waals surface area contributed by atoms with Crippen LogP contribution in [-0.2, 0) is 24.7 Å². The van der Waals surface area contributed by atoms with Crippen LogP contribution in [0.3, 0.4) is 0 Å². The highest BCUT2D eigenvalue weighted by Gasteiger charge is 2.58. The average molecular weight is 495 g/mol. The normalized spacial score (nSPS) is 13.5. The highest BCUT2D eigenvalue weighted by atomic mass is 19.3. The smallest absolute Gasteiger partial charge is 0.323 e. The van der Waals surface area contributed by atoms with E-state index in [1.165, 1.54) is 12.1 Å². The van der Waals surface area contributed by atoms with Gasteiger partial charge in [-0.1, -0.05) is 12.1 Å². The zero-order valence-corrected chi connectivity index (χ0v) is 17.5. The molecule has 0 spiro atoms. The van der Waals surface area contributed by atoms with E-state index < -0.39 is 59.2 Å². The molecule has 35 heavy (non-hydrogen) atoms. The van der Waals surface area contributed by atoms with Crippen molar-refractivity contribution in [2.45, 2.75) is 24.7 Å². The summed E-state index contributed by atoms with van der Waals surface area (Å²) in [4.78, 5) is 3.61. The zero-order valence-electron chi connectivity index (χ0n) is 17.5. The molecule has 0 aliphatic rings. The summed E-state index contributed by atoms with van der Waals surface area (Å²) in [6, 6.07) is 7.12. The quantitative estimate of drug-likeness (QED) is 0.374. The Morgan fingerprint density at radius 3 is 2.43 bits per heavy atom. The van der Waals surface area contributed by atoms with Crippen molar-refractivity contribution in [2.75, 3.05) is 0 Å². The number of hydrogen-bond acceptors (Lipinski definition) is 6. The van der Waals surface area contributed by atoms with Crippen molar-refractivity contribution < 1.29 is 36.2 Å². The van der Waals surface area contributed by atoms with Gasteiger partial charge < -0.3 is 9.84 Å². The predicted molar refractivity (Wildman–Crippen MR) is 107 cm³/mol. The molecule has 1 atom stereocenters. The van der Waals surface area contributed by atoms with Crippen molar-refractivity contribution in [1.82, 2.24) is 25.2 Å². The summed E-state index contributed by atoms with van der Waals surface area (Å²) >= 11 is 0. The number of aliphatic hydroxyl groups is 1. The second-order valence-electron chi connectivity index (χ2n) is 7.45. The number of halogens is 6. The molecule has 4 rings (SSSR count). The van der Waals surface area contributed by atoms with Crippen molar-refractivity contribution in [3.63, 3.8) is 0 Å². The van der Waals surface area contributed by atoms with Crippen molar-refractivity contribution in [1.29, 1.82) is 0 Å². The summed E-state index contributed by atoms with van der Waals surface area (Å²) in [5, 5.41) is 21.1. The van der Waals surface area contributed by atoms with Gasteiger partial charge in [0.25, 0.3) is 0 Å². The molecule has 0 saturated carbocycles. The molecule has 0 amide bonds. The highest BCUT2D eigenvalue weighted by Crippen LogP contribution is 2.46. The van der Waals surface area contributed by atoms with Gasteiger partial charge in [-0.05, 0) is 40.8 Å². The third-order valence-corrected chi connectivity index (χ3v) is 5.16. The first-order valence-corrected chi connectivity index (χ1v) is 9.90. The molecule has 0 radical (unpaired) electrons. The average Bonchev–Trinajstić information content (AvgIpc) is 3.33. The van der Waals surface area contributed by atoms with E-state index in [1.54, 1.807) is 0 Å². The molecule has 13 heteroatoms. The van der Waals surface area contributed by atoms with Crippen molar-refractivity contribution in [3.8, 4) is 5.75 Å². The second kappa shape index (κ2) is 9.33. The van der Waals surface area contributed by atoms with Gasteiger partial charge in [0.05, 0.1) is 12.7 Å².